The van der Waals surface area contributed by atoms with Crippen LogP contribution < -0.4 is 11.1 Å². The van der Waals surface area contributed by atoms with Crippen LogP contribution in [0, 0.1) is 0 Å². The summed E-state index contributed by atoms with van der Waals surface area (Å²) in [6.45, 7) is 1.99. The molecule has 2 amide bonds. The third kappa shape index (κ3) is 5.29. The van der Waals surface area contributed by atoms with Crippen molar-refractivity contribution in [3.8, 4) is 0 Å². The van der Waals surface area contributed by atoms with Gasteiger partial charge >= 0.3 is 0 Å². The molecule has 0 aromatic carbocycles. The van der Waals surface area contributed by atoms with Crippen molar-refractivity contribution in [2.75, 3.05) is 13.2 Å². The van der Waals surface area contributed by atoms with Crippen LogP contribution in [0.3, 0.4) is 0 Å². The molecule has 2 fully saturated rings. The fourth-order valence-electron chi connectivity index (χ4n) is 3.77. The number of aromatic nitrogens is 1. The Morgan fingerprint density at radius 3 is 2.63 bits per heavy atom. The van der Waals surface area contributed by atoms with Crippen LogP contribution in [0.15, 0.2) is 10.6 Å². The first-order valence-electron chi connectivity index (χ1n) is 9.91. The van der Waals surface area contributed by atoms with E-state index < -0.39 is 0 Å². The standard InChI is InChI=1S/C19H30N4O4/c1-12(20)10-18(25)21-14-4-6-15(7-5-14)23(8-9-24)19(26)16-11-17(27-22-16)13-2-3-13/h11-15,24H,2-10,20H2,1H3,(H,21,25)/t12-,14-,15-/m0/s1. The number of aliphatic hydroxyl groups excluding tert-OH is 1. The highest BCUT2D eigenvalue weighted by Gasteiger charge is 2.33. The van der Waals surface area contributed by atoms with Gasteiger partial charge in [0.05, 0.1) is 6.61 Å². The summed E-state index contributed by atoms with van der Waals surface area (Å²) >= 11 is 0. The number of nitrogens with two attached hydrogens (primary N) is 1. The van der Waals surface area contributed by atoms with Gasteiger partial charge in [0.25, 0.3) is 5.91 Å². The molecule has 0 unspecified atom stereocenters. The number of aliphatic hydroxyl groups is 1. The predicted octanol–water partition coefficient (Wildman–Crippen LogP) is 1.15. The second-order valence-electron chi connectivity index (χ2n) is 7.87. The van der Waals surface area contributed by atoms with E-state index in [-0.39, 0.29) is 43.1 Å². The maximum Gasteiger partial charge on any atom is 0.276 e. The Kier molecular flexibility index (Phi) is 6.49. The monoisotopic (exact) mass is 378 g/mol. The molecule has 0 spiro atoms. The van der Waals surface area contributed by atoms with Crippen molar-refractivity contribution in [1.82, 2.24) is 15.4 Å². The van der Waals surface area contributed by atoms with Crippen LogP contribution in [-0.4, -0.2) is 58.3 Å². The van der Waals surface area contributed by atoms with Gasteiger partial charge in [-0.2, -0.15) is 0 Å². The lowest BCUT2D eigenvalue weighted by Crippen LogP contribution is -2.47. The summed E-state index contributed by atoms with van der Waals surface area (Å²) in [5.74, 6) is 0.972. The maximum absolute atomic E-state index is 12.9. The molecule has 8 heteroatoms. The average molecular weight is 378 g/mol. The number of nitrogens with one attached hydrogen (secondary N) is 1. The van der Waals surface area contributed by atoms with E-state index in [4.69, 9.17) is 10.3 Å². The molecule has 1 heterocycles. The molecule has 0 saturated heterocycles. The van der Waals surface area contributed by atoms with E-state index >= 15 is 0 Å². The fraction of sp³-hybridized carbons (Fsp3) is 0.737. The molecular weight excluding hydrogens is 348 g/mol. The molecule has 27 heavy (non-hydrogen) atoms. The lowest BCUT2D eigenvalue weighted by Gasteiger charge is -2.36. The van der Waals surface area contributed by atoms with Gasteiger partial charge in [-0.1, -0.05) is 5.16 Å². The predicted molar refractivity (Wildman–Crippen MR) is 99.1 cm³/mol. The summed E-state index contributed by atoms with van der Waals surface area (Å²) in [7, 11) is 0. The van der Waals surface area contributed by atoms with E-state index in [2.05, 4.69) is 10.5 Å². The maximum atomic E-state index is 12.9. The minimum Gasteiger partial charge on any atom is -0.395 e. The third-order valence-corrected chi connectivity index (χ3v) is 5.34. The zero-order valence-electron chi connectivity index (χ0n) is 15.9. The Hall–Kier alpha value is -1.93. The minimum atomic E-state index is -0.191. The lowest BCUT2D eigenvalue weighted by molar-refractivity contribution is -0.122. The van der Waals surface area contributed by atoms with Crippen LogP contribution in [0.2, 0.25) is 0 Å². The summed E-state index contributed by atoms with van der Waals surface area (Å²) in [5, 5.41) is 16.4. The third-order valence-electron chi connectivity index (χ3n) is 5.34. The van der Waals surface area contributed by atoms with Gasteiger partial charge < -0.3 is 25.6 Å². The Morgan fingerprint density at radius 2 is 2.04 bits per heavy atom. The summed E-state index contributed by atoms with van der Waals surface area (Å²) in [6, 6.07) is 1.74. The highest BCUT2D eigenvalue weighted by molar-refractivity contribution is 5.92. The molecule has 0 aliphatic heterocycles. The molecule has 2 aliphatic carbocycles. The highest BCUT2D eigenvalue weighted by Crippen LogP contribution is 2.40. The number of nitrogens with zero attached hydrogens (tertiary/aromatic N) is 2. The van der Waals surface area contributed by atoms with Crippen LogP contribution in [0.1, 0.15) is 74.0 Å². The minimum absolute atomic E-state index is 0.0213. The number of rotatable bonds is 8. The zero-order chi connectivity index (χ0) is 19.4. The van der Waals surface area contributed by atoms with Gasteiger partial charge in [0, 0.05) is 43.1 Å². The summed E-state index contributed by atoms with van der Waals surface area (Å²) in [4.78, 5) is 26.5. The number of hydrogen-bond acceptors (Lipinski definition) is 6. The molecule has 1 atom stereocenters. The van der Waals surface area contributed by atoms with E-state index in [0.29, 0.717) is 18.0 Å². The number of carbonyl (C=O) groups excluding carboxylic acids is 2. The summed E-state index contributed by atoms with van der Waals surface area (Å²) < 4.78 is 5.30. The molecular formula is C19H30N4O4. The quantitative estimate of drug-likeness (QED) is 0.624. The van der Waals surface area contributed by atoms with Crippen molar-refractivity contribution in [2.45, 2.75) is 75.9 Å². The van der Waals surface area contributed by atoms with E-state index in [1.165, 1.54) is 0 Å². The van der Waals surface area contributed by atoms with E-state index in [1.807, 2.05) is 6.92 Å². The molecule has 3 rings (SSSR count). The molecule has 150 valence electrons. The first-order valence-corrected chi connectivity index (χ1v) is 9.91. The van der Waals surface area contributed by atoms with Crippen molar-refractivity contribution in [2.24, 2.45) is 5.73 Å². The van der Waals surface area contributed by atoms with Gasteiger partial charge in [0.2, 0.25) is 5.91 Å². The SMILES string of the molecule is C[C@H](N)CC(=O)N[C@H]1CC[C@H](N(CCO)C(=O)c2cc(C3CC3)on2)CC1. The van der Waals surface area contributed by atoms with Gasteiger partial charge in [-0.15, -0.1) is 0 Å². The molecule has 2 aliphatic rings. The molecule has 2 saturated carbocycles. The molecule has 1 aromatic rings. The molecule has 0 radical (unpaired) electrons. The number of hydrogen-bond donors (Lipinski definition) is 3. The van der Waals surface area contributed by atoms with Crippen LogP contribution in [0.5, 0.6) is 0 Å². The smallest absolute Gasteiger partial charge is 0.276 e. The van der Waals surface area contributed by atoms with Crippen LogP contribution >= 0.6 is 0 Å². The second kappa shape index (κ2) is 8.84. The Morgan fingerprint density at radius 1 is 1.33 bits per heavy atom. The summed E-state index contributed by atoms with van der Waals surface area (Å²) in [6.07, 6.45) is 5.66. The van der Waals surface area contributed by atoms with Crippen LogP contribution in [0.25, 0.3) is 0 Å². The van der Waals surface area contributed by atoms with Crippen LogP contribution in [-0.2, 0) is 4.79 Å². The molecule has 8 nitrogen and oxygen atoms in total. The van der Waals surface area contributed by atoms with Gasteiger partial charge in [-0.25, -0.2) is 0 Å². The first-order chi connectivity index (χ1) is 13.0. The zero-order valence-corrected chi connectivity index (χ0v) is 15.9. The fourth-order valence-corrected chi connectivity index (χ4v) is 3.77. The number of amides is 2. The molecule has 1 aromatic heterocycles. The van der Waals surface area contributed by atoms with Crippen molar-refractivity contribution in [3.05, 3.63) is 17.5 Å². The van der Waals surface area contributed by atoms with Crippen molar-refractivity contribution < 1.29 is 19.2 Å². The first kappa shape index (κ1) is 19.8. The Labute approximate surface area is 159 Å². The van der Waals surface area contributed by atoms with Crippen molar-refractivity contribution in [1.29, 1.82) is 0 Å². The molecule has 4 N–H and O–H groups in total. The van der Waals surface area contributed by atoms with Crippen LogP contribution in [0.4, 0.5) is 0 Å². The summed E-state index contributed by atoms with van der Waals surface area (Å²) in [5.41, 5.74) is 5.98. The lowest BCUT2D eigenvalue weighted by atomic mass is 9.89. The van der Waals surface area contributed by atoms with E-state index in [1.54, 1.807) is 11.0 Å². The Balaban J connectivity index is 1.55. The van der Waals surface area contributed by atoms with Gasteiger partial charge in [-0.05, 0) is 45.4 Å². The van der Waals surface area contributed by atoms with Gasteiger partial charge in [0.15, 0.2) is 5.69 Å². The normalized spacial score (nSPS) is 23.7. The van der Waals surface area contributed by atoms with E-state index in [0.717, 1.165) is 44.3 Å². The molecule has 0 bridgehead atoms. The number of carbonyl (C=O) groups is 2. The Bertz CT molecular complexity index is 648. The topological polar surface area (TPSA) is 122 Å². The van der Waals surface area contributed by atoms with Crippen molar-refractivity contribution >= 4 is 11.8 Å². The highest BCUT2D eigenvalue weighted by atomic mass is 16.5. The largest absolute Gasteiger partial charge is 0.395 e. The second-order valence-corrected chi connectivity index (χ2v) is 7.87. The average Bonchev–Trinajstić information content (AvgIpc) is 3.36. The van der Waals surface area contributed by atoms with Gasteiger partial charge in [0.1, 0.15) is 5.76 Å². The van der Waals surface area contributed by atoms with E-state index in [9.17, 15) is 14.7 Å². The van der Waals surface area contributed by atoms with Crippen molar-refractivity contribution in [3.63, 3.8) is 0 Å². The van der Waals surface area contributed by atoms with Gasteiger partial charge in [-0.3, -0.25) is 9.59 Å².